The minimum atomic E-state index is -0.214. The first-order valence-corrected chi connectivity index (χ1v) is 6.54. The quantitative estimate of drug-likeness (QED) is 0.819. The number of nitrogens with zero attached hydrogens (tertiary/aromatic N) is 2. The Hall–Kier alpha value is -1.82. The van der Waals surface area contributed by atoms with E-state index in [1.807, 2.05) is 6.92 Å². The number of hydrogen-bond acceptors (Lipinski definition) is 5. The third-order valence-corrected chi connectivity index (χ3v) is 3.08. The fourth-order valence-corrected chi connectivity index (χ4v) is 2.01. The topological polar surface area (TPSA) is 78.9 Å². The van der Waals surface area contributed by atoms with Crippen molar-refractivity contribution in [3.05, 3.63) is 45.9 Å². The molecule has 0 fully saturated rings. The molecular weight excluding hydrogens is 250 g/mol. The van der Waals surface area contributed by atoms with E-state index in [9.17, 15) is 9.90 Å². The van der Waals surface area contributed by atoms with Crippen LogP contribution in [0, 0.1) is 0 Å². The van der Waals surface area contributed by atoms with E-state index >= 15 is 0 Å². The number of benzene rings is 1. The van der Waals surface area contributed by atoms with Crippen molar-refractivity contribution in [2.45, 2.75) is 18.5 Å². The van der Waals surface area contributed by atoms with Gasteiger partial charge in [0.05, 0.1) is 0 Å². The van der Waals surface area contributed by atoms with Crippen LogP contribution >= 0.6 is 11.8 Å². The van der Waals surface area contributed by atoms with Gasteiger partial charge in [0.2, 0.25) is 0 Å². The molecule has 0 aliphatic carbocycles. The molecule has 0 bridgehead atoms. The zero-order valence-corrected chi connectivity index (χ0v) is 10.7. The van der Waals surface area contributed by atoms with Crippen LogP contribution in [-0.4, -0.2) is 26.0 Å². The summed E-state index contributed by atoms with van der Waals surface area (Å²) in [6.07, 6.45) is 0.402. The molecule has 2 N–H and O–H groups in total. The molecule has 0 aliphatic heterocycles. The summed E-state index contributed by atoms with van der Waals surface area (Å²) in [6, 6.07) is 6.67. The van der Waals surface area contributed by atoms with Crippen molar-refractivity contribution in [3.63, 3.8) is 0 Å². The number of rotatable bonds is 4. The Morgan fingerprint density at radius 3 is 2.61 bits per heavy atom. The zero-order valence-electron chi connectivity index (χ0n) is 9.88. The number of phenolic OH excluding ortho intramolecular Hbond substituents is 1. The number of H-pyrrole nitrogens is 1. The Morgan fingerprint density at radius 2 is 2.00 bits per heavy atom. The maximum absolute atomic E-state index is 11.8. The standard InChI is InChI=1S/C12H13N3O2S/c1-2-18-12-13-11(17)10(14-15-12)7-8-3-5-9(16)6-4-8/h3-6,16H,2,7H2,1H3,(H,13,15,17). The average molecular weight is 263 g/mol. The molecule has 1 aromatic carbocycles. The summed E-state index contributed by atoms with van der Waals surface area (Å²) >= 11 is 1.44. The van der Waals surface area contributed by atoms with Gasteiger partial charge in [0.25, 0.3) is 5.56 Å². The lowest BCUT2D eigenvalue weighted by atomic mass is 10.1. The van der Waals surface area contributed by atoms with E-state index in [0.717, 1.165) is 11.3 Å². The van der Waals surface area contributed by atoms with Crippen molar-refractivity contribution in [2.75, 3.05) is 5.75 Å². The van der Waals surface area contributed by atoms with Gasteiger partial charge in [-0.2, -0.15) is 0 Å². The second-order valence-corrected chi connectivity index (χ2v) is 4.93. The van der Waals surface area contributed by atoms with E-state index in [-0.39, 0.29) is 11.3 Å². The first kappa shape index (κ1) is 12.6. The molecule has 5 nitrogen and oxygen atoms in total. The van der Waals surface area contributed by atoms with E-state index in [1.165, 1.54) is 11.8 Å². The molecule has 0 atom stereocenters. The van der Waals surface area contributed by atoms with Gasteiger partial charge in [-0.15, -0.1) is 10.2 Å². The van der Waals surface area contributed by atoms with Crippen LogP contribution in [0.4, 0.5) is 0 Å². The molecule has 2 rings (SSSR count). The van der Waals surface area contributed by atoms with Gasteiger partial charge in [0, 0.05) is 6.42 Å². The SMILES string of the molecule is CCSc1nnc(Cc2ccc(O)cc2)c(=O)[nH]1. The lowest BCUT2D eigenvalue weighted by molar-refractivity contribution is 0.475. The largest absolute Gasteiger partial charge is 0.508 e. The summed E-state index contributed by atoms with van der Waals surface area (Å²) in [5.41, 5.74) is 1.07. The molecule has 18 heavy (non-hydrogen) atoms. The van der Waals surface area contributed by atoms with Gasteiger partial charge in [0.1, 0.15) is 11.4 Å². The summed E-state index contributed by atoms with van der Waals surface area (Å²) in [5.74, 6) is 1.04. The lowest BCUT2D eigenvalue weighted by Crippen LogP contribution is -2.17. The zero-order chi connectivity index (χ0) is 13.0. The van der Waals surface area contributed by atoms with E-state index in [0.29, 0.717) is 17.3 Å². The van der Waals surface area contributed by atoms with Gasteiger partial charge < -0.3 is 5.11 Å². The highest BCUT2D eigenvalue weighted by atomic mass is 32.2. The summed E-state index contributed by atoms with van der Waals surface area (Å²) in [6.45, 7) is 1.98. The predicted octanol–water partition coefficient (Wildman–Crippen LogP) is 1.57. The second kappa shape index (κ2) is 5.68. The minimum absolute atomic E-state index is 0.202. The molecule has 2 aromatic rings. The van der Waals surface area contributed by atoms with Crippen molar-refractivity contribution in [1.29, 1.82) is 0 Å². The average Bonchev–Trinajstić information content (AvgIpc) is 2.36. The molecule has 0 amide bonds. The Kier molecular flexibility index (Phi) is 3.99. The monoisotopic (exact) mass is 263 g/mol. The summed E-state index contributed by atoms with van der Waals surface area (Å²) in [5, 5.41) is 17.6. The van der Waals surface area contributed by atoms with Gasteiger partial charge >= 0.3 is 0 Å². The molecule has 6 heteroatoms. The van der Waals surface area contributed by atoms with Crippen LogP contribution < -0.4 is 5.56 Å². The van der Waals surface area contributed by atoms with E-state index in [2.05, 4.69) is 15.2 Å². The second-order valence-electron chi connectivity index (χ2n) is 3.68. The van der Waals surface area contributed by atoms with Gasteiger partial charge in [-0.3, -0.25) is 9.78 Å². The fraction of sp³-hybridized carbons (Fsp3) is 0.250. The minimum Gasteiger partial charge on any atom is -0.508 e. The molecule has 0 saturated carbocycles. The van der Waals surface area contributed by atoms with E-state index < -0.39 is 0 Å². The fourth-order valence-electron chi connectivity index (χ4n) is 1.47. The number of hydrogen-bond donors (Lipinski definition) is 2. The molecule has 94 valence electrons. The maximum Gasteiger partial charge on any atom is 0.273 e. The van der Waals surface area contributed by atoms with Gasteiger partial charge in [-0.05, 0) is 23.4 Å². The number of aromatic nitrogens is 3. The van der Waals surface area contributed by atoms with Crippen LogP contribution in [-0.2, 0) is 6.42 Å². The predicted molar refractivity (Wildman–Crippen MR) is 70.0 cm³/mol. The van der Waals surface area contributed by atoms with Crippen LogP contribution in [0.15, 0.2) is 34.2 Å². The van der Waals surface area contributed by atoms with Crippen molar-refractivity contribution in [3.8, 4) is 5.75 Å². The van der Waals surface area contributed by atoms with Crippen LogP contribution in [0.3, 0.4) is 0 Å². The van der Waals surface area contributed by atoms with Crippen LogP contribution in [0.25, 0.3) is 0 Å². The highest BCUT2D eigenvalue weighted by molar-refractivity contribution is 7.99. The summed E-state index contributed by atoms with van der Waals surface area (Å²) in [7, 11) is 0. The normalized spacial score (nSPS) is 10.5. The first-order valence-electron chi connectivity index (χ1n) is 5.55. The van der Waals surface area contributed by atoms with Crippen LogP contribution in [0.2, 0.25) is 0 Å². The Balaban J connectivity index is 2.19. The first-order chi connectivity index (χ1) is 8.69. The van der Waals surface area contributed by atoms with Crippen molar-refractivity contribution >= 4 is 11.8 Å². The molecule has 0 saturated heterocycles. The molecule has 1 heterocycles. The smallest absolute Gasteiger partial charge is 0.273 e. The Bertz CT molecular complexity index is 581. The number of nitrogens with one attached hydrogen (secondary N) is 1. The highest BCUT2D eigenvalue weighted by Crippen LogP contribution is 2.12. The van der Waals surface area contributed by atoms with Gasteiger partial charge in [-0.1, -0.05) is 30.8 Å². The van der Waals surface area contributed by atoms with Gasteiger partial charge in [-0.25, -0.2) is 0 Å². The number of phenols is 1. The van der Waals surface area contributed by atoms with Gasteiger partial charge in [0.15, 0.2) is 5.16 Å². The van der Waals surface area contributed by atoms with Crippen molar-refractivity contribution < 1.29 is 5.11 Å². The Morgan fingerprint density at radius 1 is 1.28 bits per heavy atom. The summed E-state index contributed by atoms with van der Waals surface area (Å²) < 4.78 is 0. The molecular formula is C12H13N3O2S. The van der Waals surface area contributed by atoms with Crippen molar-refractivity contribution in [2.24, 2.45) is 0 Å². The van der Waals surface area contributed by atoms with Crippen LogP contribution in [0.1, 0.15) is 18.2 Å². The molecule has 0 unspecified atom stereocenters. The van der Waals surface area contributed by atoms with E-state index in [4.69, 9.17) is 0 Å². The molecule has 1 aromatic heterocycles. The lowest BCUT2D eigenvalue weighted by Gasteiger charge is -2.01. The maximum atomic E-state index is 11.8. The van der Waals surface area contributed by atoms with Crippen molar-refractivity contribution in [1.82, 2.24) is 15.2 Å². The molecule has 0 radical (unpaired) electrons. The van der Waals surface area contributed by atoms with E-state index in [1.54, 1.807) is 24.3 Å². The molecule has 0 aliphatic rings. The summed E-state index contributed by atoms with van der Waals surface area (Å²) in [4.78, 5) is 14.5. The van der Waals surface area contributed by atoms with Crippen LogP contribution in [0.5, 0.6) is 5.75 Å². The third kappa shape index (κ3) is 3.10. The molecule has 0 spiro atoms. The number of aromatic hydroxyl groups is 1. The third-order valence-electron chi connectivity index (χ3n) is 2.33. The number of aromatic amines is 1. The highest BCUT2D eigenvalue weighted by Gasteiger charge is 2.06. The number of thioether (sulfide) groups is 1. The Labute approximate surface area is 108 Å².